The first-order valence-electron chi connectivity index (χ1n) is 5.65. The Morgan fingerprint density at radius 1 is 1.48 bits per heavy atom. The minimum atomic E-state index is -4.19. The Bertz CT molecular complexity index is 761. The summed E-state index contributed by atoms with van der Waals surface area (Å²) >= 11 is 0.693. The van der Waals surface area contributed by atoms with E-state index < -0.39 is 27.2 Å². The second kappa shape index (κ2) is 5.53. The summed E-state index contributed by atoms with van der Waals surface area (Å²) in [5.41, 5.74) is -0.00408. The predicted octanol–water partition coefficient (Wildman–Crippen LogP) is 1.85. The van der Waals surface area contributed by atoms with Gasteiger partial charge in [0.05, 0.1) is 16.6 Å². The molecule has 0 aliphatic heterocycles. The van der Waals surface area contributed by atoms with Crippen LogP contribution in [0.1, 0.15) is 27.2 Å². The summed E-state index contributed by atoms with van der Waals surface area (Å²) in [5, 5.41) is 4.88. The number of aryl methyl sites for hydroxylation is 2. The maximum absolute atomic E-state index is 12.7. The molecule has 0 atom stereocenters. The highest BCUT2D eigenvalue weighted by atomic mass is 32.2. The second-order valence-electron chi connectivity index (χ2n) is 4.19. The van der Waals surface area contributed by atoms with E-state index in [0.29, 0.717) is 16.9 Å². The smallest absolute Gasteiger partial charge is 0.268 e. The standard InChI is InChI=1S/C11H11F2N3O3S2/c1-6-5-14-16(2)11(6)21(18,19)15-10(17)7-3-4-20-8(7)9(12)13/h3-5,9H,1-2H3,(H,15,17). The number of alkyl halides is 2. The van der Waals surface area contributed by atoms with Crippen LogP contribution in [0.15, 0.2) is 22.7 Å². The van der Waals surface area contributed by atoms with Crippen LogP contribution < -0.4 is 4.72 Å². The van der Waals surface area contributed by atoms with Gasteiger partial charge in [0.25, 0.3) is 22.4 Å². The Kier molecular flexibility index (Phi) is 4.10. The molecule has 0 fully saturated rings. The summed E-state index contributed by atoms with van der Waals surface area (Å²) in [7, 11) is -2.78. The van der Waals surface area contributed by atoms with Gasteiger partial charge in [-0.15, -0.1) is 11.3 Å². The van der Waals surface area contributed by atoms with Gasteiger partial charge in [-0.25, -0.2) is 13.5 Å². The first kappa shape index (κ1) is 15.6. The molecule has 0 saturated carbocycles. The lowest BCUT2D eigenvalue weighted by Gasteiger charge is -2.08. The fraction of sp³-hybridized carbons (Fsp3) is 0.273. The Labute approximate surface area is 123 Å². The molecular formula is C11H11F2N3O3S2. The third-order valence-electron chi connectivity index (χ3n) is 2.68. The van der Waals surface area contributed by atoms with Gasteiger partial charge in [-0.3, -0.25) is 9.48 Å². The van der Waals surface area contributed by atoms with Crippen LogP contribution in [0.4, 0.5) is 8.78 Å². The van der Waals surface area contributed by atoms with Crippen molar-refractivity contribution in [3.8, 4) is 0 Å². The summed E-state index contributed by atoms with van der Waals surface area (Å²) in [6.45, 7) is 1.52. The molecule has 0 spiro atoms. The summed E-state index contributed by atoms with van der Waals surface area (Å²) < 4.78 is 52.6. The van der Waals surface area contributed by atoms with E-state index in [2.05, 4.69) is 5.10 Å². The van der Waals surface area contributed by atoms with E-state index in [1.165, 1.54) is 25.5 Å². The average Bonchev–Trinajstić information content (AvgIpc) is 2.95. The third-order valence-corrected chi connectivity index (χ3v) is 5.15. The number of rotatable bonds is 4. The number of sulfonamides is 1. The van der Waals surface area contributed by atoms with Crippen molar-refractivity contribution < 1.29 is 22.0 Å². The zero-order chi connectivity index (χ0) is 15.8. The number of hydrogen-bond donors (Lipinski definition) is 1. The van der Waals surface area contributed by atoms with Crippen molar-refractivity contribution >= 4 is 27.3 Å². The van der Waals surface area contributed by atoms with E-state index in [-0.39, 0.29) is 10.6 Å². The number of carbonyl (C=O) groups is 1. The van der Waals surface area contributed by atoms with Gasteiger partial charge >= 0.3 is 0 Å². The van der Waals surface area contributed by atoms with Crippen LogP contribution in [0.2, 0.25) is 0 Å². The fourth-order valence-corrected chi connectivity index (χ4v) is 3.89. The van der Waals surface area contributed by atoms with Crippen molar-refractivity contribution in [2.24, 2.45) is 7.05 Å². The average molecular weight is 335 g/mol. The van der Waals surface area contributed by atoms with Crippen LogP contribution >= 0.6 is 11.3 Å². The monoisotopic (exact) mass is 335 g/mol. The molecule has 6 nitrogen and oxygen atoms in total. The number of amides is 1. The molecule has 0 aliphatic rings. The molecular weight excluding hydrogens is 324 g/mol. The van der Waals surface area contributed by atoms with Crippen molar-refractivity contribution in [3.63, 3.8) is 0 Å². The minimum Gasteiger partial charge on any atom is -0.268 e. The highest BCUT2D eigenvalue weighted by Gasteiger charge is 2.27. The SMILES string of the molecule is Cc1cnn(C)c1S(=O)(=O)NC(=O)c1ccsc1C(F)F. The van der Waals surface area contributed by atoms with Crippen LogP contribution in [0.25, 0.3) is 0 Å². The van der Waals surface area contributed by atoms with Gasteiger partial charge in [0.2, 0.25) is 0 Å². The molecule has 21 heavy (non-hydrogen) atoms. The number of thiophene rings is 1. The largest absolute Gasteiger partial charge is 0.281 e. The van der Waals surface area contributed by atoms with Crippen LogP contribution in [0.5, 0.6) is 0 Å². The zero-order valence-electron chi connectivity index (χ0n) is 11.0. The van der Waals surface area contributed by atoms with Gasteiger partial charge in [-0.05, 0) is 18.4 Å². The van der Waals surface area contributed by atoms with E-state index >= 15 is 0 Å². The number of nitrogens with one attached hydrogen (secondary N) is 1. The molecule has 0 saturated heterocycles. The topological polar surface area (TPSA) is 81.1 Å². The van der Waals surface area contributed by atoms with Crippen molar-refractivity contribution in [2.45, 2.75) is 18.4 Å². The number of halogens is 2. The van der Waals surface area contributed by atoms with Gasteiger partial charge in [0.1, 0.15) is 0 Å². The molecule has 2 aromatic rings. The quantitative estimate of drug-likeness (QED) is 0.924. The summed E-state index contributed by atoms with van der Waals surface area (Å²) in [4.78, 5) is 11.4. The third kappa shape index (κ3) is 2.95. The molecule has 0 radical (unpaired) electrons. The van der Waals surface area contributed by atoms with E-state index in [0.717, 1.165) is 10.7 Å². The Hall–Kier alpha value is -1.81. The van der Waals surface area contributed by atoms with Crippen molar-refractivity contribution in [2.75, 3.05) is 0 Å². The van der Waals surface area contributed by atoms with Crippen LogP contribution in [0.3, 0.4) is 0 Å². The van der Waals surface area contributed by atoms with E-state index in [9.17, 15) is 22.0 Å². The van der Waals surface area contributed by atoms with Gasteiger partial charge in [-0.2, -0.15) is 13.5 Å². The van der Waals surface area contributed by atoms with Crippen molar-refractivity contribution in [1.29, 1.82) is 0 Å². The Morgan fingerprint density at radius 3 is 2.67 bits per heavy atom. The second-order valence-corrected chi connectivity index (χ2v) is 6.74. The molecule has 2 aromatic heterocycles. The molecule has 2 heterocycles. The van der Waals surface area contributed by atoms with Gasteiger partial charge < -0.3 is 0 Å². The van der Waals surface area contributed by atoms with Gasteiger partial charge in [-0.1, -0.05) is 0 Å². The molecule has 0 aliphatic carbocycles. The molecule has 2 rings (SSSR count). The molecule has 0 aromatic carbocycles. The molecule has 1 N–H and O–H groups in total. The van der Waals surface area contributed by atoms with E-state index in [1.807, 2.05) is 0 Å². The predicted molar refractivity (Wildman–Crippen MR) is 71.9 cm³/mol. The minimum absolute atomic E-state index is 0.190. The zero-order valence-corrected chi connectivity index (χ0v) is 12.6. The fourth-order valence-electron chi connectivity index (χ4n) is 1.82. The van der Waals surface area contributed by atoms with Crippen molar-refractivity contribution in [1.82, 2.24) is 14.5 Å². The highest BCUT2D eigenvalue weighted by molar-refractivity contribution is 7.90. The molecule has 0 bridgehead atoms. The van der Waals surface area contributed by atoms with E-state index in [4.69, 9.17) is 0 Å². The van der Waals surface area contributed by atoms with Crippen molar-refractivity contribution in [3.05, 3.63) is 33.6 Å². The number of carbonyl (C=O) groups excluding carboxylic acids is 1. The first-order chi connectivity index (χ1) is 9.74. The maximum Gasteiger partial charge on any atom is 0.281 e. The molecule has 0 unspecified atom stereocenters. The maximum atomic E-state index is 12.7. The molecule has 10 heteroatoms. The highest BCUT2D eigenvalue weighted by Crippen LogP contribution is 2.28. The first-order valence-corrected chi connectivity index (χ1v) is 8.01. The Balaban J connectivity index is 2.33. The lowest BCUT2D eigenvalue weighted by molar-refractivity contribution is 0.0970. The summed E-state index contributed by atoms with van der Waals surface area (Å²) in [5.74, 6) is -1.09. The number of nitrogens with zero attached hydrogens (tertiary/aromatic N) is 2. The summed E-state index contributed by atoms with van der Waals surface area (Å²) in [6, 6.07) is 1.16. The Morgan fingerprint density at radius 2 is 2.14 bits per heavy atom. The summed E-state index contributed by atoms with van der Waals surface area (Å²) in [6.07, 6.45) is -1.51. The normalized spacial score (nSPS) is 11.9. The lowest BCUT2D eigenvalue weighted by Crippen LogP contribution is -2.32. The molecule has 114 valence electrons. The van der Waals surface area contributed by atoms with E-state index in [1.54, 1.807) is 4.72 Å². The lowest BCUT2D eigenvalue weighted by atomic mass is 10.2. The van der Waals surface area contributed by atoms with Crippen LogP contribution in [0, 0.1) is 6.92 Å². The molecule has 1 amide bonds. The van der Waals surface area contributed by atoms with Crippen LogP contribution in [-0.4, -0.2) is 24.1 Å². The number of aromatic nitrogens is 2. The van der Waals surface area contributed by atoms with Crippen LogP contribution in [-0.2, 0) is 17.1 Å². The number of hydrogen-bond acceptors (Lipinski definition) is 5. The van der Waals surface area contributed by atoms with Gasteiger partial charge in [0.15, 0.2) is 5.03 Å². The van der Waals surface area contributed by atoms with Gasteiger partial charge in [0, 0.05) is 12.6 Å².